The number of rotatable bonds is 2. The van der Waals surface area contributed by atoms with Crippen LogP contribution >= 0.6 is 0 Å². The van der Waals surface area contributed by atoms with Gasteiger partial charge in [0.2, 0.25) is 5.91 Å². The van der Waals surface area contributed by atoms with Gasteiger partial charge < -0.3 is 14.6 Å². The summed E-state index contributed by atoms with van der Waals surface area (Å²) in [6.45, 7) is 1.47. The van der Waals surface area contributed by atoms with E-state index in [9.17, 15) is 14.3 Å². The molecule has 1 amide bonds. The van der Waals surface area contributed by atoms with Crippen molar-refractivity contribution in [3.63, 3.8) is 0 Å². The number of halogens is 1. The highest BCUT2D eigenvalue weighted by Gasteiger charge is 2.43. The van der Waals surface area contributed by atoms with Crippen molar-refractivity contribution in [3.8, 4) is 0 Å². The second kappa shape index (κ2) is 5.88. The van der Waals surface area contributed by atoms with Crippen molar-refractivity contribution in [2.75, 3.05) is 13.1 Å². The number of likely N-dealkylation sites (tertiary alicyclic amines) is 1. The number of aromatic nitrogens is 1. The van der Waals surface area contributed by atoms with Crippen LogP contribution in [0.15, 0.2) is 30.5 Å². The average molecular weight is 330 g/mol. The number of carbonyl (C=O) groups excluding carboxylic acids is 1. The molecular weight excluding hydrogens is 307 g/mol. The summed E-state index contributed by atoms with van der Waals surface area (Å²) in [6, 6.07) is 6.54. The smallest absolute Gasteiger partial charge is 0.242 e. The van der Waals surface area contributed by atoms with Crippen molar-refractivity contribution in [3.05, 3.63) is 36.3 Å². The van der Waals surface area contributed by atoms with Gasteiger partial charge in [-0.05, 0) is 48.9 Å². The van der Waals surface area contributed by atoms with Crippen LogP contribution in [0.3, 0.4) is 0 Å². The maximum atomic E-state index is 13.5. The Hall–Kier alpha value is -1.88. The topological polar surface area (TPSA) is 45.5 Å². The molecule has 2 atom stereocenters. The van der Waals surface area contributed by atoms with E-state index in [1.807, 2.05) is 21.7 Å². The van der Waals surface area contributed by atoms with E-state index in [-0.39, 0.29) is 24.2 Å². The second-order valence-electron chi connectivity index (χ2n) is 7.28. The number of aliphatic hydroxyl groups is 1. The highest BCUT2D eigenvalue weighted by molar-refractivity contribution is 5.83. The summed E-state index contributed by atoms with van der Waals surface area (Å²) in [6.07, 6.45) is 6.59. The number of nitrogens with zero attached hydrogens (tertiary/aromatic N) is 2. The molecule has 5 heteroatoms. The summed E-state index contributed by atoms with van der Waals surface area (Å²) in [7, 11) is 0. The number of hydrogen-bond donors (Lipinski definition) is 1. The lowest BCUT2D eigenvalue weighted by Crippen LogP contribution is -2.55. The van der Waals surface area contributed by atoms with E-state index >= 15 is 0 Å². The van der Waals surface area contributed by atoms with Gasteiger partial charge in [-0.25, -0.2) is 4.39 Å². The fourth-order valence-corrected chi connectivity index (χ4v) is 4.34. The summed E-state index contributed by atoms with van der Waals surface area (Å²) in [5.74, 6) is -0.0488. The molecule has 2 aliphatic rings. The molecule has 128 valence electrons. The number of carbonyl (C=O) groups is 1. The molecular formula is C19H23FN2O2. The lowest BCUT2D eigenvalue weighted by atomic mass is 9.71. The van der Waals surface area contributed by atoms with Crippen molar-refractivity contribution >= 4 is 16.8 Å². The Bertz CT molecular complexity index is 772. The molecule has 1 saturated heterocycles. The Morgan fingerprint density at radius 1 is 1.29 bits per heavy atom. The van der Waals surface area contributed by atoms with Crippen LogP contribution < -0.4 is 0 Å². The van der Waals surface area contributed by atoms with Crippen LogP contribution in [0.4, 0.5) is 4.39 Å². The molecule has 1 N–H and O–H groups in total. The van der Waals surface area contributed by atoms with E-state index in [0.717, 1.165) is 36.6 Å². The average Bonchev–Trinajstić information content (AvgIpc) is 2.96. The van der Waals surface area contributed by atoms with E-state index in [2.05, 4.69) is 0 Å². The Morgan fingerprint density at radius 2 is 2.17 bits per heavy atom. The first-order valence-corrected chi connectivity index (χ1v) is 8.80. The van der Waals surface area contributed by atoms with Crippen LogP contribution in [0.5, 0.6) is 0 Å². The quantitative estimate of drug-likeness (QED) is 0.920. The molecule has 24 heavy (non-hydrogen) atoms. The molecule has 0 bridgehead atoms. The molecule has 1 aromatic carbocycles. The molecule has 2 aromatic rings. The zero-order valence-corrected chi connectivity index (χ0v) is 13.7. The Labute approximate surface area is 140 Å². The maximum absolute atomic E-state index is 13.5. The lowest BCUT2D eigenvalue weighted by Gasteiger charge is -2.47. The van der Waals surface area contributed by atoms with E-state index in [0.29, 0.717) is 19.5 Å². The van der Waals surface area contributed by atoms with Gasteiger partial charge >= 0.3 is 0 Å². The van der Waals surface area contributed by atoms with Gasteiger partial charge in [-0.15, -0.1) is 0 Å². The van der Waals surface area contributed by atoms with Crippen molar-refractivity contribution < 1.29 is 14.3 Å². The first-order chi connectivity index (χ1) is 11.5. The van der Waals surface area contributed by atoms with Crippen molar-refractivity contribution in [2.24, 2.45) is 5.92 Å². The number of amides is 1. The zero-order valence-electron chi connectivity index (χ0n) is 13.7. The number of benzene rings is 1. The van der Waals surface area contributed by atoms with Gasteiger partial charge in [0.15, 0.2) is 0 Å². The summed E-state index contributed by atoms with van der Waals surface area (Å²) < 4.78 is 15.3. The second-order valence-corrected chi connectivity index (χ2v) is 7.28. The van der Waals surface area contributed by atoms with Crippen molar-refractivity contribution in [1.82, 2.24) is 9.47 Å². The zero-order chi connectivity index (χ0) is 16.7. The van der Waals surface area contributed by atoms with Crippen LogP contribution in [0.1, 0.15) is 32.1 Å². The van der Waals surface area contributed by atoms with Gasteiger partial charge in [0, 0.05) is 25.2 Å². The van der Waals surface area contributed by atoms with Gasteiger partial charge in [-0.1, -0.05) is 12.8 Å². The van der Waals surface area contributed by atoms with Crippen LogP contribution in [0.2, 0.25) is 0 Å². The monoisotopic (exact) mass is 330 g/mol. The van der Waals surface area contributed by atoms with Crippen molar-refractivity contribution in [2.45, 2.75) is 44.2 Å². The van der Waals surface area contributed by atoms with Gasteiger partial charge in [-0.3, -0.25) is 4.79 Å². The van der Waals surface area contributed by atoms with Gasteiger partial charge in [-0.2, -0.15) is 0 Å². The summed E-state index contributed by atoms with van der Waals surface area (Å²) >= 11 is 0. The number of piperidine rings is 1. The minimum Gasteiger partial charge on any atom is -0.389 e. The first kappa shape index (κ1) is 15.6. The van der Waals surface area contributed by atoms with E-state index < -0.39 is 5.60 Å². The molecule has 1 aliphatic heterocycles. The minimum absolute atomic E-state index is 0.0457. The molecule has 4 nitrogen and oxygen atoms in total. The summed E-state index contributed by atoms with van der Waals surface area (Å²) in [4.78, 5) is 14.6. The molecule has 2 heterocycles. The van der Waals surface area contributed by atoms with Crippen LogP contribution in [0.25, 0.3) is 10.9 Å². The molecule has 0 radical (unpaired) electrons. The van der Waals surface area contributed by atoms with Crippen LogP contribution in [-0.2, 0) is 11.3 Å². The third-order valence-corrected chi connectivity index (χ3v) is 5.82. The fourth-order valence-electron chi connectivity index (χ4n) is 4.34. The van der Waals surface area contributed by atoms with Crippen LogP contribution in [0, 0.1) is 11.7 Å². The molecule has 2 fully saturated rings. The number of fused-ring (bicyclic) bond motifs is 2. The highest BCUT2D eigenvalue weighted by Crippen LogP contribution is 2.39. The van der Waals surface area contributed by atoms with E-state index in [1.165, 1.54) is 12.1 Å². The van der Waals surface area contributed by atoms with Gasteiger partial charge in [0.1, 0.15) is 12.4 Å². The first-order valence-electron chi connectivity index (χ1n) is 8.80. The fraction of sp³-hybridized carbons (Fsp3) is 0.526. The third kappa shape index (κ3) is 2.71. The molecule has 4 rings (SSSR count). The predicted molar refractivity (Wildman–Crippen MR) is 90.0 cm³/mol. The molecule has 0 spiro atoms. The highest BCUT2D eigenvalue weighted by atomic mass is 19.1. The van der Waals surface area contributed by atoms with Gasteiger partial charge in [0.25, 0.3) is 0 Å². The summed E-state index contributed by atoms with van der Waals surface area (Å²) in [5.41, 5.74) is 0.174. The molecule has 1 saturated carbocycles. The summed E-state index contributed by atoms with van der Waals surface area (Å²) in [5, 5.41) is 11.7. The molecule has 1 aromatic heterocycles. The van der Waals surface area contributed by atoms with E-state index in [1.54, 1.807) is 6.07 Å². The minimum atomic E-state index is -0.571. The maximum Gasteiger partial charge on any atom is 0.242 e. The van der Waals surface area contributed by atoms with Crippen LogP contribution in [-0.4, -0.2) is 39.2 Å². The lowest BCUT2D eigenvalue weighted by molar-refractivity contribution is -0.143. The number of hydrogen-bond acceptors (Lipinski definition) is 2. The van der Waals surface area contributed by atoms with E-state index in [4.69, 9.17) is 0 Å². The Balaban J connectivity index is 1.49. The third-order valence-electron chi connectivity index (χ3n) is 5.82. The molecule has 0 unspecified atom stereocenters. The normalized spacial score (nSPS) is 27.2. The Kier molecular flexibility index (Phi) is 3.83. The van der Waals surface area contributed by atoms with Gasteiger partial charge in [0.05, 0.1) is 11.1 Å². The van der Waals surface area contributed by atoms with Crippen molar-refractivity contribution in [1.29, 1.82) is 0 Å². The SMILES string of the molecule is O=C(Cn1ccc2ccc(F)cc21)N1CC[C@]2(O)CCCC[C@@H]2C1. The Morgan fingerprint density at radius 3 is 3.04 bits per heavy atom. The standard InChI is InChI=1S/C19H23FN2O2/c20-16-5-4-14-6-9-21(17(14)11-16)13-18(23)22-10-8-19(24)7-2-1-3-15(19)12-22/h4-6,9,11,15,24H,1-3,7-8,10,12-13H2/t15-,19-/m1/s1. The largest absolute Gasteiger partial charge is 0.389 e. The molecule has 1 aliphatic carbocycles. The predicted octanol–water partition coefficient (Wildman–Crippen LogP) is 2.93.